The molecule has 0 atom stereocenters. The Hall–Kier alpha value is -1.88. The third-order valence-corrected chi connectivity index (χ3v) is 2.23. The van der Waals surface area contributed by atoms with Crippen molar-refractivity contribution in [1.82, 2.24) is 15.0 Å². The first-order valence-electron chi connectivity index (χ1n) is 5.07. The number of hydrogen-bond acceptors (Lipinski definition) is 4. The highest BCUT2D eigenvalue weighted by Gasteiger charge is 1.98. The van der Waals surface area contributed by atoms with Gasteiger partial charge in [-0.25, -0.2) is 0 Å². The fourth-order valence-electron chi connectivity index (χ4n) is 1.45. The fourth-order valence-corrected chi connectivity index (χ4v) is 1.45. The zero-order valence-electron chi connectivity index (χ0n) is 9.09. The van der Waals surface area contributed by atoms with Crippen molar-refractivity contribution in [3.63, 3.8) is 0 Å². The van der Waals surface area contributed by atoms with Gasteiger partial charge in [0.05, 0.1) is 13.2 Å². The number of aryl methyl sites for hydroxylation is 1. The van der Waals surface area contributed by atoms with E-state index in [9.17, 15) is 0 Å². The predicted octanol–water partition coefficient (Wildman–Crippen LogP) is 0.919. The average Bonchev–Trinajstić information content (AvgIpc) is 2.73. The third-order valence-electron chi connectivity index (χ3n) is 2.23. The number of benzene rings is 1. The molecule has 1 aromatic heterocycles. The fraction of sp³-hybridized carbons (Fsp3) is 0.273. The number of aliphatic hydroxyl groups is 1. The number of nitrogens with one attached hydrogen (secondary N) is 1. The van der Waals surface area contributed by atoms with E-state index in [4.69, 9.17) is 5.11 Å². The topological polar surface area (TPSA) is 63.0 Å². The van der Waals surface area contributed by atoms with Crippen LogP contribution in [-0.4, -0.2) is 20.1 Å². The molecule has 0 saturated heterocycles. The van der Waals surface area contributed by atoms with Crippen LogP contribution in [0.15, 0.2) is 30.5 Å². The molecule has 0 aliphatic rings. The highest BCUT2D eigenvalue weighted by Crippen LogP contribution is 2.11. The highest BCUT2D eigenvalue weighted by molar-refractivity contribution is 5.45. The molecular weight excluding hydrogens is 204 g/mol. The van der Waals surface area contributed by atoms with Crippen LogP contribution in [0.3, 0.4) is 0 Å². The van der Waals surface area contributed by atoms with Gasteiger partial charge < -0.3 is 10.4 Å². The third kappa shape index (κ3) is 2.58. The van der Waals surface area contributed by atoms with Gasteiger partial charge >= 0.3 is 0 Å². The van der Waals surface area contributed by atoms with Crippen molar-refractivity contribution in [3.05, 3.63) is 41.7 Å². The summed E-state index contributed by atoms with van der Waals surface area (Å²) in [6.45, 7) is 0.684. The number of anilines is 1. The monoisotopic (exact) mass is 218 g/mol. The molecule has 0 spiro atoms. The predicted molar refractivity (Wildman–Crippen MR) is 60.7 cm³/mol. The molecule has 0 radical (unpaired) electrons. The molecule has 0 unspecified atom stereocenters. The minimum atomic E-state index is 0.0562. The van der Waals surface area contributed by atoms with E-state index < -0.39 is 0 Å². The van der Waals surface area contributed by atoms with E-state index in [1.165, 1.54) is 0 Å². The molecule has 1 heterocycles. The molecule has 0 aliphatic heterocycles. The molecule has 16 heavy (non-hydrogen) atoms. The summed E-state index contributed by atoms with van der Waals surface area (Å²) >= 11 is 0. The van der Waals surface area contributed by atoms with E-state index in [0.29, 0.717) is 6.54 Å². The molecule has 0 saturated carbocycles. The first-order valence-corrected chi connectivity index (χ1v) is 5.07. The highest BCUT2D eigenvalue weighted by atomic mass is 16.3. The van der Waals surface area contributed by atoms with Gasteiger partial charge in [0, 0.05) is 18.9 Å². The van der Waals surface area contributed by atoms with Crippen molar-refractivity contribution in [2.75, 3.05) is 5.32 Å². The molecule has 5 nitrogen and oxygen atoms in total. The Kier molecular flexibility index (Phi) is 3.16. The zero-order valence-corrected chi connectivity index (χ0v) is 9.09. The van der Waals surface area contributed by atoms with Gasteiger partial charge in [-0.05, 0) is 17.7 Å². The SMILES string of the molecule is Cn1cc(CNc2cccc(CO)c2)nn1. The van der Waals surface area contributed by atoms with Crippen molar-refractivity contribution < 1.29 is 5.11 Å². The van der Waals surface area contributed by atoms with E-state index >= 15 is 0 Å². The normalized spacial score (nSPS) is 10.4. The quantitative estimate of drug-likeness (QED) is 0.801. The molecular formula is C11H14N4O. The Labute approximate surface area is 93.7 Å². The van der Waals surface area contributed by atoms with Crippen LogP contribution in [0.2, 0.25) is 0 Å². The smallest absolute Gasteiger partial charge is 0.102 e. The summed E-state index contributed by atoms with van der Waals surface area (Å²) in [6.07, 6.45) is 1.86. The zero-order chi connectivity index (χ0) is 11.4. The van der Waals surface area contributed by atoms with E-state index in [1.807, 2.05) is 37.5 Å². The van der Waals surface area contributed by atoms with E-state index in [2.05, 4.69) is 15.6 Å². The largest absolute Gasteiger partial charge is 0.392 e. The maximum atomic E-state index is 9.00. The van der Waals surface area contributed by atoms with Gasteiger partial charge in [-0.3, -0.25) is 4.68 Å². The van der Waals surface area contributed by atoms with Crippen LogP contribution in [0.25, 0.3) is 0 Å². The van der Waals surface area contributed by atoms with E-state index in [0.717, 1.165) is 16.9 Å². The van der Waals surface area contributed by atoms with Gasteiger partial charge in [-0.2, -0.15) is 0 Å². The lowest BCUT2D eigenvalue weighted by atomic mass is 10.2. The molecule has 0 amide bonds. The standard InChI is InChI=1S/C11H14N4O/c1-15-7-11(13-14-15)6-12-10-4-2-3-9(5-10)8-16/h2-5,7,12,16H,6,8H2,1H3. The Bertz CT molecular complexity index is 467. The van der Waals surface area contributed by atoms with Gasteiger partial charge in [0.15, 0.2) is 0 Å². The maximum Gasteiger partial charge on any atom is 0.102 e. The summed E-state index contributed by atoms with van der Waals surface area (Å²) in [5.41, 5.74) is 2.75. The van der Waals surface area contributed by atoms with Gasteiger partial charge in [-0.1, -0.05) is 17.3 Å². The summed E-state index contributed by atoms with van der Waals surface area (Å²) in [5, 5.41) is 20.0. The second-order valence-electron chi connectivity index (χ2n) is 3.60. The number of aromatic nitrogens is 3. The van der Waals surface area contributed by atoms with Crippen molar-refractivity contribution in [2.24, 2.45) is 7.05 Å². The van der Waals surface area contributed by atoms with Gasteiger partial charge in [0.1, 0.15) is 5.69 Å². The van der Waals surface area contributed by atoms with Gasteiger partial charge in [0.25, 0.3) is 0 Å². The van der Waals surface area contributed by atoms with Gasteiger partial charge in [-0.15, -0.1) is 5.10 Å². The van der Waals surface area contributed by atoms with Crippen molar-refractivity contribution in [1.29, 1.82) is 0 Å². The summed E-state index contributed by atoms with van der Waals surface area (Å²) in [7, 11) is 1.84. The first kappa shape index (κ1) is 10.6. The van der Waals surface area contributed by atoms with Crippen LogP contribution in [0.4, 0.5) is 5.69 Å². The number of aliphatic hydroxyl groups excluding tert-OH is 1. The lowest BCUT2D eigenvalue weighted by Gasteiger charge is -2.05. The van der Waals surface area contributed by atoms with Crippen molar-refractivity contribution >= 4 is 5.69 Å². The minimum absolute atomic E-state index is 0.0562. The van der Waals surface area contributed by atoms with Crippen LogP contribution in [0.1, 0.15) is 11.3 Å². The second kappa shape index (κ2) is 4.76. The number of hydrogen-bond donors (Lipinski definition) is 2. The lowest BCUT2D eigenvalue weighted by molar-refractivity contribution is 0.282. The Balaban J connectivity index is 1.99. The molecule has 84 valence electrons. The molecule has 1 aromatic carbocycles. The molecule has 0 aliphatic carbocycles. The molecule has 5 heteroatoms. The van der Waals surface area contributed by atoms with Crippen LogP contribution >= 0.6 is 0 Å². The van der Waals surface area contributed by atoms with Crippen LogP contribution < -0.4 is 5.32 Å². The summed E-state index contributed by atoms with van der Waals surface area (Å²) in [4.78, 5) is 0. The van der Waals surface area contributed by atoms with Crippen LogP contribution in [-0.2, 0) is 20.2 Å². The molecule has 0 bridgehead atoms. The molecule has 0 fully saturated rings. The number of rotatable bonds is 4. The first-order chi connectivity index (χ1) is 7.78. The minimum Gasteiger partial charge on any atom is -0.392 e. The molecule has 2 rings (SSSR count). The van der Waals surface area contributed by atoms with Crippen LogP contribution in [0, 0.1) is 0 Å². The Morgan fingerprint density at radius 1 is 1.44 bits per heavy atom. The summed E-state index contributed by atoms with van der Waals surface area (Å²) in [6, 6.07) is 7.66. The maximum absolute atomic E-state index is 9.00. The lowest BCUT2D eigenvalue weighted by Crippen LogP contribution is -2.00. The van der Waals surface area contributed by atoms with Crippen molar-refractivity contribution in [3.8, 4) is 0 Å². The molecule has 2 N–H and O–H groups in total. The second-order valence-corrected chi connectivity index (χ2v) is 3.60. The summed E-state index contributed by atoms with van der Waals surface area (Å²) < 4.78 is 1.67. The summed E-state index contributed by atoms with van der Waals surface area (Å²) in [5.74, 6) is 0. The van der Waals surface area contributed by atoms with E-state index in [1.54, 1.807) is 4.68 Å². The van der Waals surface area contributed by atoms with Crippen LogP contribution in [0.5, 0.6) is 0 Å². The molecule has 2 aromatic rings. The Morgan fingerprint density at radius 2 is 2.31 bits per heavy atom. The number of nitrogens with zero attached hydrogens (tertiary/aromatic N) is 3. The van der Waals surface area contributed by atoms with E-state index in [-0.39, 0.29) is 6.61 Å². The Morgan fingerprint density at radius 3 is 3.00 bits per heavy atom. The van der Waals surface area contributed by atoms with Crippen molar-refractivity contribution in [2.45, 2.75) is 13.2 Å². The van der Waals surface area contributed by atoms with Gasteiger partial charge in [0.2, 0.25) is 0 Å². The average molecular weight is 218 g/mol.